The largest absolute Gasteiger partial charge is 0.496 e. The highest BCUT2D eigenvalue weighted by Crippen LogP contribution is 2.20. The monoisotopic (exact) mass is 294 g/mol. The zero-order valence-corrected chi connectivity index (χ0v) is 12.1. The number of para-hydroxylation sites is 1. The summed E-state index contributed by atoms with van der Waals surface area (Å²) in [5.74, 6) is -1.48. The molecule has 1 atom stereocenters. The van der Waals surface area contributed by atoms with E-state index in [1.54, 1.807) is 32.0 Å². The number of urea groups is 1. The summed E-state index contributed by atoms with van der Waals surface area (Å²) in [4.78, 5) is 34.6. The number of esters is 1. The second-order valence-corrected chi connectivity index (χ2v) is 4.62. The Kier molecular flexibility index (Phi) is 5.71. The summed E-state index contributed by atoms with van der Waals surface area (Å²) in [6.07, 6.45) is -1.13. The van der Waals surface area contributed by atoms with Crippen LogP contribution in [-0.2, 0) is 9.53 Å². The zero-order valence-electron chi connectivity index (χ0n) is 12.1. The molecule has 21 heavy (non-hydrogen) atoms. The lowest BCUT2D eigenvalue weighted by Crippen LogP contribution is -2.45. The number of hydrogen-bond donors (Lipinski definition) is 2. The molecule has 0 aromatic heterocycles. The van der Waals surface area contributed by atoms with Crippen LogP contribution in [0.3, 0.4) is 0 Å². The molecule has 1 aromatic carbocycles. The number of amides is 3. The van der Waals surface area contributed by atoms with E-state index in [9.17, 15) is 14.4 Å². The van der Waals surface area contributed by atoms with Crippen molar-refractivity contribution in [2.45, 2.75) is 20.0 Å². The van der Waals surface area contributed by atoms with Gasteiger partial charge in [-0.3, -0.25) is 10.1 Å². The van der Waals surface area contributed by atoms with Crippen molar-refractivity contribution < 1.29 is 23.9 Å². The summed E-state index contributed by atoms with van der Waals surface area (Å²) in [5, 5.41) is 1.90. The van der Waals surface area contributed by atoms with Crippen molar-refractivity contribution in [3.8, 4) is 5.75 Å². The van der Waals surface area contributed by atoms with Gasteiger partial charge in [0.2, 0.25) is 0 Å². The molecule has 0 aliphatic rings. The lowest BCUT2D eigenvalue weighted by Gasteiger charge is -2.20. The van der Waals surface area contributed by atoms with Gasteiger partial charge in [-0.05, 0) is 18.1 Å². The highest BCUT2D eigenvalue weighted by molar-refractivity contribution is 5.99. The van der Waals surface area contributed by atoms with E-state index in [0.29, 0.717) is 5.75 Å². The van der Waals surface area contributed by atoms with Crippen molar-refractivity contribution in [2.24, 2.45) is 11.7 Å². The smallest absolute Gasteiger partial charge is 0.342 e. The van der Waals surface area contributed by atoms with Crippen LogP contribution in [0.25, 0.3) is 0 Å². The van der Waals surface area contributed by atoms with Crippen LogP contribution < -0.4 is 15.8 Å². The van der Waals surface area contributed by atoms with E-state index in [-0.39, 0.29) is 11.5 Å². The van der Waals surface area contributed by atoms with Gasteiger partial charge < -0.3 is 15.2 Å². The fraction of sp³-hybridized carbons (Fsp3) is 0.357. The number of methoxy groups -OCH3 is 1. The first-order chi connectivity index (χ1) is 9.86. The van der Waals surface area contributed by atoms with Crippen molar-refractivity contribution in [3.63, 3.8) is 0 Å². The molecule has 0 heterocycles. The molecule has 3 N–H and O–H groups in total. The minimum atomic E-state index is -1.13. The van der Waals surface area contributed by atoms with Crippen LogP contribution >= 0.6 is 0 Å². The van der Waals surface area contributed by atoms with Crippen LogP contribution in [0.2, 0.25) is 0 Å². The normalized spacial score (nSPS) is 11.6. The molecule has 0 bridgehead atoms. The van der Waals surface area contributed by atoms with Gasteiger partial charge in [0.05, 0.1) is 7.11 Å². The maximum atomic E-state index is 12.1. The average Bonchev–Trinajstić information content (AvgIpc) is 2.43. The molecule has 1 aromatic rings. The van der Waals surface area contributed by atoms with Gasteiger partial charge in [0.15, 0.2) is 6.10 Å². The SMILES string of the molecule is COc1ccccc1C(=O)OC(C(=O)NC(N)=O)C(C)C. The number of ether oxygens (including phenoxy) is 2. The highest BCUT2D eigenvalue weighted by atomic mass is 16.6. The van der Waals surface area contributed by atoms with E-state index in [1.807, 2.05) is 5.32 Å². The molecule has 0 saturated heterocycles. The molecule has 7 nitrogen and oxygen atoms in total. The van der Waals surface area contributed by atoms with Crippen molar-refractivity contribution in [1.82, 2.24) is 5.32 Å². The van der Waals surface area contributed by atoms with E-state index in [1.165, 1.54) is 13.2 Å². The molecule has 7 heteroatoms. The number of primary amides is 1. The summed E-state index contributed by atoms with van der Waals surface area (Å²) in [5.41, 5.74) is 5.08. The number of benzene rings is 1. The second-order valence-electron chi connectivity index (χ2n) is 4.62. The van der Waals surface area contributed by atoms with Gasteiger partial charge >= 0.3 is 12.0 Å². The maximum absolute atomic E-state index is 12.1. The Morgan fingerprint density at radius 1 is 1.19 bits per heavy atom. The highest BCUT2D eigenvalue weighted by Gasteiger charge is 2.28. The first-order valence-corrected chi connectivity index (χ1v) is 6.31. The van der Waals surface area contributed by atoms with Crippen LogP contribution in [0.15, 0.2) is 24.3 Å². The fourth-order valence-corrected chi connectivity index (χ4v) is 1.68. The topological polar surface area (TPSA) is 108 Å². The molecule has 0 radical (unpaired) electrons. The van der Waals surface area contributed by atoms with Crippen LogP contribution in [0.1, 0.15) is 24.2 Å². The number of carbonyl (C=O) groups excluding carboxylic acids is 3. The molecule has 0 aliphatic heterocycles. The van der Waals surface area contributed by atoms with Crippen LogP contribution in [0.5, 0.6) is 5.75 Å². The minimum absolute atomic E-state index is 0.192. The number of carbonyl (C=O) groups is 3. The van der Waals surface area contributed by atoms with Gasteiger partial charge in [0.25, 0.3) is 5.91 Å². The molecule has 1 unspecified atom stereocenters. The molecule has 0 spiro atoms. The molecule has 1 rings (SSSR count). The van der Waals surface area contributed by atoms with Crippen molar-refractivity contribution >= 4 is 17.9 Å². The molecule has 0 saturated carbocycles. The second kappa shape index (κ2) is 7.28. The zero-order chi connectivity index (χ0) is 16.0. The Balaban J connectivity index is 2.91. The van der Waals surface area contributed by atoms with Crippen molar-refractivity contribution in [2.75, 3.05) is 7.11 Å². The third-order valence-corrected chi connectivity index (χ3v) is 2.67. The molecule has 0 aliphatic carbocycles. The van der Waals surface area contributed by atoms with Gasteiger partial charge in [-0.1, -0.05) is 26.0 Å². The Bertz CT molecular complexity index is 542. The number of hydrogen-bond acceptors (Lipinski definition) is 5. The third-order valence-electron chi connectivity index (χ3n) is 2.67. The Morgan fingerprint density at radius 2 is 1.81 bits per heavy atom. The van der Waals surface area contributed by atoms with Crippen molar-refractivity contribution in [1.29, 1.82) is 0 Å². The van der Waals surface area contributed by atoms with Crippen molar-refractivity contribution in [3.05, 3.63) is 29.8 Å². The lowest BCUT2D eigenvalue weighted by molar-refractivity contribution is -0.130. The number of nitrogens with one attached hydrogen (secondary N) is 1. The van der Waals surface area contributed by atoms with Crippen LogP contribution in [-0.4, -0.2) is 31.1 Å². The molecular weight excluding hydrogens is 276 g/mol. The van der Waals surface area contributed by atoms with Crippen LogP contribution in [0, 0.1) is 5.92 Å². The molecule has 114 valence electrons. The van der Waals surface area contributed by atoms with E-state index < -0.39 is 24.0 Å². The maximum Gasteiger partial charge on any atom is 0.342 e. The minimum Gasteiger partial charge on any atom is -0.496 e. The Morgan fingerprint density at radius 3 is 2.33 bits per heavy atom. The lowest BCUT2D eigenvalue weighted by atomic mass is 10.1. The third kappa shape index (κ3) is 4.48. The summed E-state index contributed by atoms with van der Waals surface area (Å²) < 4.78 is 10.2. The number of rotatable bonds is 5. The van der Waals surface area contributed by atoms with Crippen LogP contribution in [0.4, 0.5) is 4.79 Å². The molecule has 3 amide bonds. The molecular formula is C14H18N2O5. The number of nitrogens with two attached hydrogens (primary N) is 1. The van der Waals surface area contributed by atoms with E-state index in [4.69, 9.17) is 15.2 Å². The summed E-state index contributed by atoms with van der Waals surface area (Å²) in [6.45, 7) is 3.36. The quantitative estimate of drug-likeness (QED) is 0.790. The summed E-state index contributed by atoms with van der Waals surface area (Å²) in [7, 11) is 1.42. The van der Waals surface area contributed by atoms with Gasteiger partial charge in [0.1, 0.15) is 11.3 Å². The number of imide groups is 1. The predicted molar refractivity (Wildman–Crippen MR) is 74.8 cm³/mol. The van der Waals surface area contributed by atoms with E-state index >= 15 is 0 Å². The summed E-state index contributed by atoms with van der Waals surface area (Å²) in [6, 6.07) is 5.47. The summed E-state index contributed by atoms with van der Waals surface area (Å²) >= 11 is 0. The average molecular weight is 294 g/mol. The Labute approximate surface area is 122 Å². The van der Waals surface area contributed by atoms with Gasteiger partial charge in [0, 0.05) is 0 Å². The van der Waals surface area contributed by atoms with Gasteiger partial charge in [-0.25, -0.2) is 9.59 Å². The fourth-order valence-electron chi connectivity index (χ4n) is 1.68. The van der Waals surface area contributed by atoms with Gasteiger partial charge in [-0.15, -0.1) is 0 Å². The predicted octanol–water partition coefficient (Wildman–Crippen LogP) is 1.07. The van der Waals surface area contributed by atoms with E-state index in [2.05, 4.69) is 0 Å². The molecule has 0 fully saturated rings. The van der Waals surface area contributed by atoms with E-state index in [0.717, 1.165) is 0 Å². The first-order valence-electron chi connectivity index (χ1n) is 6.31. The standard InChI is InChI=1S/C14H18N2O5/c1-8(2)11(12(17)16-14(15)19)21-13(18)9-6-4-5-7-10(9)20-3/h4-8,11H,1-3H3,(H3,15,16,17,19). The first kappa shape index (κ1) is 16.5. The Hall–Kier alpha value is -2.57. The van der Waals surface area contributed by atoms with Gasteiger partial charge in [-0.2, -0.15) is 0 Å².